The van der Waals surface area contributed by atoms with Gasteiger partial charge < -0.3 is 16.0 Å². The third-order valence-corrected chi connectivity index (χ3v) is 6.26. The van der Waals surface area contributed by atoms with Gasteiger partial charge in [0, 0.05) is 41.4 Å². The van der Waals surface area contributed by atoms with Crippen molar-refractivity contribution in [3.8, 4) is 0 Å². The van der Waals surface area contributed by atoms with E-state index in [4.69, 9.17) is 11.6 Å². The standard InChI is InChI=1S/C26H24ClN5O2S/c1-17-9-10-20(27)13-21(17)31-26-32-23(16-35-26)25(34)30-22(12-18-6-3-2-4-7-18)24(33)29-15-19-8-5-11-28-14-19/h2-11,13-14,16,22H,12,15H2,1H3,(H,29,33)(H,30,34)(H,31,32). The third-order valence-electron chi connectivity index (χ3n) is 5.27. The molecule has 0 saturated carbocycles. The molecule has 4 rings (SSSR count). The minimum absolute atomic E-state index is 0.232. The number of nitrogens with zero attached hydrogens (tertiary/aromatic N) is 2. The van der Waals surface area contributed by atoms with Crippen LogP contribution in [0.4, 0.5) is 10.8 Å². The van der Waals surface area contributed by atoms with Crippen molar-refractivity contribution < 1.29 is 9.59 Å². The number of hydrogen-bond acceptors (Lipinski definition) is 6. The van der Waals surface area contributed by atoms with Crippen molar-refractivity contribution in [2.24, 2.45) is 0 Å². The number of halogens is 1. The fourth-order valence-corrected chi connectivity index (χ4v) is 4.26. The summed E-state index contributed by atoms with van der Waals surface area (Å²) in [7, 11) is 0. The molecule has 0 saturated heterocycles. The van der Waals surface area contributed by atoms with Gasteiger partial charge in [-0.25, -0.2) is 4.98 Å². The topological polar surface area (TPSA) is 96.0 Å². The molecule has 9 heteroatoms. The molecule has 178 valence electrons. The SMILES string of the molecule is Cc1ccc(Cl)cc1Nc1nc(C(=O)NC(Cc2ccccc2)C(=O)NCc2cccnc2)cs1. The van der Waals surface area contributed by atoms with Gasteiger partial charge in [-0.05, 0) is 41.8 Å². The number of rotatable bonds is 9. The van der Waals surface area contributed by atoms with E-state index in [1.54, 1.807) is 23.8 Å². The van der Waals surface area contributed by atoms with E-state index in [0.29, 0.717) is 23.1 Å². The second kappa shape index (κ2) is 11.6. The van der Waals surface area contributed by atoms with Crippen LogP contribution in [-0.4, -0.2) is 27.8 Å². The number of aromatic nitrogens is 2. The number of pyridine rings is 1. The Balaban J connectivity index is 1.45. The lowest BCUT2D eigenvalue weighted by atomic mass is 10.0. The fourth-order valence-electron chi connectivity index (χ4n) is 3.39. The number of aryl methyl sites for hydroxylation is 1. The van der Waals surface area contributed by atoms with Crippen molar-refractivity contribution in [2.75, 3.05) is 5.32 Å². The number of carbonyl (C=O) groups is 2. The Morgan fingerprint density at radius 1 is 1.06 bits per heavy atom. The number of nitrogens with one attached hydrogen (secondary N) is 3. The molecule has 0 spiro atoms. The van der Waals surface area contributed by atoms with Crippen molar-refractivity contribution in [3.63, 3.8) is 0 Å². The van der Waals surface area contributed by atoms with Gasteiger partial charge in [-0.15, -0.1) is 11.3 Å². The highest BCUT2D eigenvalue weighted by Crippen LogP contribution is 2.26. The van der Waals surface area contributed by atoms with Crippen molar-refractivity contribution in [1.29, 1.82) is 0 Å². The van der Waals surface area contributed by atoms with Crippen LogP contribution < -0.4 is 16.0 Å². The average Bonchev–Trinajstić information content (AvgIpc) is 3.34. The maximum absolute atomic E-state index is 13.0. The molecule has 1 unspecified atom stereocenters. The zero-order chi connectivity index (χ0) is 24.6. The first-order valence-electron chi connectivity index (χ1n) is 11.0. The van der Waals surface area contributed by atoms with Gasteiger partial charge in [0.15, 0.2) is 5.13 Å². The normalized spacial score (nSPS) is 11.5. The third kappa shape index (κ3) is 6.88. The Hall–Kier alpha value is -3.75. The summed E-state index contributed by atoms with van der Waals surface area (Å²) in [4.78, 5) is 34.5. The Kier molecular flexibility index (Phi) is 8.07. The number of amides is 2. The van der Waals surface area contributed by atoms with Crippen LogP contribution in [0.2, 0.25) is 5.02 Å². The summed E-state index contributed by atoms with van der Waals surface area (Å²) >= 11 is 7.40. The molecule has 0 fully saturated rings. The van der Waals surface area contributed by atoms with Gasteiger partial charge in [0.05, 0.1) is 0 Å². The molecule has 7 nitrogen and oxygen atoms in total. The monoisotopic (exact) mass is 505 g/mol. The molecule has 0 bridgehead atoms. The molecule has 0 aliphatic heterocycles. The van der Waals surface area contributed by atoms with Gasteiger partial charge in [-0.1, -0.05) is 54.1 Å². The van der Waals surface area contributed by atoms with E-state index in [2.05, 4.69) is 25.9 Å². The quantitative estimate of drug-likeness (QED) is 0.300. The highest BCUT2D eigenvalue weighted by Gasteiger charge is 2.23. The van der Waals surface area contributed by atoms with Gasteiger partial charge >= 0.3 is 0 Å². The first-order chi connectivity index (χ1) is 17.0. The van der Waals surface area contributed by atoms with Gasteiger partial charge in [0.2, 0.25) is 5.91 Å². The largest absolute Gasteiger partial charge is 0.350 e. The Morgan fingerprint density at radius 3 is 2.63 bits per heavy atom. The summed E-state index contributed by atoms with van der Waals surface area (Å²) in [5.41, 5.74) is 3.86. The zero-order valence-electron chi connectivity index (χ0n) is 19.0. The van der Waals surface area contributed by atoms with Gasteiger partial charge in [-0.3, -0.25) is 14.6 Å². The summed E-state index contributed by atoms with van der Waals surface area (Å²) in [6, 6.07) is 18.0. The lowest BCUT2D eigenvalue weighted by Crippen LogP contribution is -2.48. The lowest BCUT2D eigenvalue weighted by Gasteiger charge is -2.18. The predicted molar refractivity (Wildman–Crippen MR) is 139 cm³/mol. The van der Waals surface area contributed by atoms with E-state index in [1.165, 1.54) is 11.3 Å². The maximum atomic E-state index is 13.0. The summed E-state index contributed by atoms with van der Waals surface area (Å²) < 4.78 is 0. The molecule has 35 heavy (non-hydrogen) atoms. The molecule has 0 aliphatic carbocycles. The van der Waals surface area contributed by atoms with E-state index in [-0.39, 0.29) is 11.6 Å². The molecule has 2 heterocycles. The van der Waals surface area contributed by atoms with E-state index >= 15 is 0 Å². The highest BCUT2D eigenvalue weighted by molar-refractivity contribution is 7.14. The molecule has 1 atom stereocenters. The van der Waals surface area contributed by atoms with Crippen molar-refractivity contribution in [2.45, 2.75) is 25.9 Å². The summed E-state index contributed by atoms with van der Waals surface area (Å²) in [6.45, 7) is 2.27. The molecular formula is C26H24ClN5O2S. The van der Waals surface area contributed by atoms with Crippen LogP contribution in [0, 0.1) is 6.92 Å². The lowest BCUT2D eigenvalue weighted by molar-refractivity contribution is -0.123. The second-order valence-electron chi connectivity index (χ2n) is 7.92. The minimum atomic E-state index is -0.769. The smallest absolute Gasteiger partial charge is 0.271 e. The van der Waals surface area contributed by atoms with Crippen LogP contribution in [0.25, 0.3) is 0 Å². The predicted octanol–water partition coefficient (Wildman–Crippen LogP) is 4.90. The Bertz CT molecular complexity index is 1300. The van der Waals surface area contributed by atoms with Crippen LogP contribution in [-0.2, 0) is 17.8 Å². The number of benzene rings is 2. The van der Waals surface area contributed by atoms with Gasteiger partial charge in [0.1, 0.15) is 11.7 Å². The van der Waals surface area contributed by atoms with Gasteiger partial charge in [-0.2, -0.15) is 0 Å². The summed E-state index contributed by atoms with van der Waals surface area (Å²) in [5.74, 6) is -0.705. The van der Waals surface area contributed by atoms with Crippen LogP contribution in [0.15, 0.2) is 78.4 Å². The first-order valence-corrected chi connectivity index (χ1v) is 12.2. The molecule has 4 aromatic rings. The number of thiazole rings is 1. The van der Waals surface area contributed by atoms with E-state index in [9.17, 15) is 9.59 Å². The number of carbonyl (C=O) groups excluding carboxylic acids is 2. The molecule has 2 aromatic carbocycles. The molecule has 2 amide bonds. The summed E-state index contributed by atoms with van der Waals surface area (Å²) in [5, 5.41) is 11.8. The molecule has 0 aliphatic rings. The minimum Gasteiger partial charge on any atom is -0.350 e. The average molecular weight is 506 g/mol. The van der Waals surface area contributed by atoms with Crippen LogP contribution in [0.5, 0.6) is 0 Å². The van der Waals surface area contributed by atoms with Crippen LogP contribution >= 0.6 is 22.9 Å². The molecule has 2 aromatic heterocycles. The molecule has 0 radical (unpaired) electrons. The summed E-state index contributed by atoms with van der Waals surface area (Å²) in [6.07, 6.45) is 3.72. The van der Waals surface area contributed by atoms with E-state index in [0.717, 1.165) is 22.4 Å². The highest BCUT2D eigenvalue weighted by atomic mass is 35.5. The van der Waals surface area contributed by atoms with Crippen LogP contribution in [0.3, 0.4) is 0 Å². The number of anilines is 2. The van der Waals surface area contributed by atoms with Crippen LogP contribution in [0.1, 0.15) is 27.2 Å². The molecule has 3 N–H and O–H groups in total. The maximum Gasteiger partial charge on any atom is 0.271 e. The van der Waals surface area contributed by atoms with E-state index in [1.807, 2.05) is 61.5 Å². The van der Waals surface area contributed by atoms with Crippen molar-refractivity contribution >= 4 is 45.6 Å². The zero-order valence-corrected chi connectivity index (χ0v) is 20.6. The van der Waals surface area contributed by atoms with Crippen molar-refractivity contribution in [3.05, 3.63) is 106 Å². The van der Waals surface area contributed by atoms with Gasteiger partial charge in [0.25, 0.3) is 5.91 Å². The van der Waals surface area contributed by atoms with Crippen molar-refractivity contribution in [1.82, 2.24) is 20.6 Å². The first kappa shape index (κ1) is 24.4. The molecular weight excluding hydrogens is 482 g/mol. The Labute approximate surface area is 212 Å². The second-order valence-corrected chi connectivity index (χ2v) is 9.21. The fraction of sp³-hybridized carbons (Fsp3) is 0.154. The Morgan fingerprint density at radius 2 is 1.86 bits per heavy atom. The number of hydrogen-bond donors (Lipinski definition) is 3. The van der Waals surface area contributed by atoms with E-state index < -0.39 is 11.9 Å².